The van der Waals surface area contributed by atoms with Gasteiger partial charge in [-0.2, -0.15) is 0 Å². The van der Waals surface area contributed by atoms with Gasteiger partial charge in [0.15, 0.2) is 0 Å². The summed E-state index contributed by atoms with van der Waals surface area (Å²) in [5.41, 5.74) is 1.10. The summed E-state index contributed by atoms with van der Waals surface area (Å²) in [6, 6.07) is 7.79. The molecule has 5 heteroatoms. The Hall–Kier alpha value is -1.55. The van der Waals surface area contributed by atoms with Gasteiger partial charge in [0.2, 0.25) is 11.8 Å². The monoisotopic (exact) mass is 280 g/mol. The van der Waals surface area contributed by atoms with Crippen molar-refractivity contribution in [3.05, 3.63) is 34.9 Å². The molecule has 0 atom stereocenters. The lowest BCUT2D eigenvalue weighted by molar-refractivity contribution is -0.129. The molecule has 19 heavy (non-hydrogen) atoms. The van der Waals surface area contributed by atoms with Crippen molar-refractivity contribution in [2.75, 3.05) is 6.54 Å². The maximum absolute atomic E-state index is 11.5. The summed E-state index contributed by atoms with van der Waals surface area (Å²) in [4.78, 5) is 22.9. The second kappa shape index (κ2) is 6.57. The molecular formula is C14H17ClN2O2. The van der Waals surface area contributed by atoms with Crippen LogP contribution < -0.4 is 10.6 Å². The summed E-state index contributed by atoms with van der Waals surface area (Å²) in [7, 11) is 0. The van der Waals surface area contributed by atoms with E-state index >= 15 is 0 Å². The van der Waals surface area contributed by atoms with Crippen LogP contribution in [0.5, 0.6) is 0 Å². The highest BCUT2D eigenvalue weighted by Crippen LogP contribution is 2.18. The molecule has 0 unspecified atom stereocenters. The highest BCUT2D eigenvalue weighted by atomic mass is 35.5. The Labute approximate surface area is 117 Å². The van der Waals surface area contributed by atoms with E-state index in [4.69, 9.17) is 11.6 Å². The molecule has 1 saturated carbocycles. The lowest BCUT2D eigenvalue weighted by Crippen LogP contribution is -2.33. The number of hydrogen-bond acceptors (Lipinski definition) is 2. The lowest BCUT2D eigenvalue weighted by atomic mass is 10.1. The van der Waals surface area contributed by atoms with Crippen LogP contribution in [0.1, 0.15) is 24.8 Å². The second-order valence-electron chi connectivity index (χ2n) is 4.74. The van der Waals surface area contributed by atoms with E-state index < -0.39 is 0 Å². The van der Waals surface area contributed by atoms with Gasteiger partial charge in [0.05, 0.1) is 0 Å². The molecule has 102 valence electrons. The summed E-state index contributed by atoms with van der Waals surface area (Å²) < 4.78 is 0. The third-order valence-corrected chi connectivity index (χ3v) is 3.16. The standard InChI is InChI=1S/C14H17ClN2O2/c15-11-3-1-10(2-4-11)7-8-16-13(18)9-14(19)17-12-5-6-12/h1-4,12H,5-9H2,(H,16,18)(H,17,19). The number of benzene rings is 1. The van der Waals surface area contributed by atoms with E-state index in [1.807, 2.05) is 24.3 Å². The largest absolute Gasteiger partial charge is 0.355 e. The molecule has 1 aromatic rings. The Kier molecular flexibility index (Phi) is 4.80. The summed E-state index contributed by atoms with van der Waals surface area (Å²) in [6.07, 6.45) is 2.71. The fourth-order valence-electron chi connectivity index (χ4n) is 1.71. The highest BCUT2D eigenvalue weighted by Gasteiger charge is 2.23. The van der Waals surface area contributed by atoms with Crippen molar-refractivity contribution < 1.29 is 9.59 Å². The smallest absolute Gasteiger partial charge is 0.229 e. The quantitative estimate of drug-likeness (QED) is 0.779. The fraction of sp³-hybridized carbons (Fsp3) is 0.429. The van der Waals surface area contributed by atoms with Crippen LogP contribution in [0.4, 0.5) is 0 Å². The van der Waals surface area contributed by atoms with Gasteiger partial charge in [-0.1, -0.05) is 23.7 Å². The van der Waals surface area contributed by atoms with Gasteiger partial charge in [-0.05, 0) is 37.0 Å². The fourth-order valence-corrected chi connectivity index (χ4v) is 1.84. The van der Waals surface area contributed by atoms with Crippen molar-refractivity contribution in [1.82, 2.24) is 10.6 Å². The molecule has 2 rings (SSSR count). The predicted octanol–water partition coefficient (Wildman–Crippen LogP) is 1.67. The first-order chi connectivity index (χ1) is 9.13. The van der Waals surface area contributed by atoms with E-state index in [0.717, 1.165) is 24.8 Å². The Bertz CT molecular complexity index is 455. The molecule has 0 saturated heterocycles. The van der Waals surface area contributed by atoms with Crippen LogP contribution in [0.15, 0.2) is 24.3 Å². The van der Waals surface area contributed by atoms with E-state index in [2.05, 4.69) is 10.6 Å². The number of rotatable bonds is 6. The first-order valence-corrected chi connectivity index (χ1v) is 6.82. The molecule has 1 aliphatic carbocycles. The summed E-state index contributed by atoms with van der Waals surface area (Å²) in [6.45, 7) is 0.525. The molecule has 1 aromatic carbocycles. The minimum absolute atomic E-state index is 0.0862. The average Bonchev–Trinajstić information content (AvgIpc) is 3.15. The second-order valence-corrected chi connectivity index (χ2v) is 5.18. The molecule has 0 radical (unpaired) electrons. The van der Waals surface area contributed by atoms with Gasteiger partial charge in [0, 0.05) is 17.6 Å². The van der Waals surface area contributed by atoms with Gasteiger partial charge < -0.3 is 10.6 Å². The van der Waals surface area contributed by atoms with E-state index in [0.29, 0.717) is 17.6 Å². The van der Waals surface area contributed by atoms with Gasteiger partial charge in [0.25, 0.3) is 0 Å². The normalized spacial score (nSPS) is 13.9. The first-order valence-electron chi connectivity index (χ1n) is 6.44. The lowest BCUT2D eigenvalue weighted by Gasteiger charge is -2.06. The molecule has 4 nitrogen and oxygen atoms in total. The zero-order valence-electron chi connectivity index (χ0n) is 10.6. The third-order valence-electron chi connectivity index (χ3n) is 2.91. The van der Waals surface area contributed by atoms with E-state index in [-0.39, 0.29) is 18.2 Å². The molecule has 0 aliphatic heterocycles. The molecule has 2 amide bonds. The zero-order valence-corrected chi connectivity index (χ0v) is 11.4. The van der Waals surface area contributed by atoms with Crippen molar-refractivity contribution in [3.8, 4) is 0 Å². The maximum atomic E-state index is 11.5. The van der Waals surface area contributed by atoms with Gasteiger partial charge >= 0.3 is 0 Å². The Morgan fingerprint density at radius 1 is 1.16 bits per heavy atom. The molecular weight excluding hydrogens is 264 g/mol. The maximum Gasteiger partial charge on any atom is 0.229 e. The molecule has 1 fully saturated rings. The van der Waals surface area contributed by atoms with Gasteiger partial charge in [0.1, 0.15) is 6.42 Å². The molecule has 2 N–H and O–H groups in total. The van der Waals surface area contributed by atoms with Crippen LogP contribution in [0, 0.1) is 0 Å². The minimum atomic E-state index is -0.230. The number of hydrogen-bond donors (Lipinski definition) is 2. The van der Waals surface area contributed by atoms with Crippen LogP contribution in [-0.4, -0.2) is 24.4 Å². The molecule has 0 aromatic heterocycles. The zero-order chi connectivity index (χ0) is 13.7. The van der Waals surface area contributed by atoms with Gasteiger partial charge in [-0.3, -0.25) is 9.59 Å². The van der Waals surface area contributed by atoms with E-state index in [1.165, 1.54) is 0 Å². The average molecular weight is 281 g/mol. The molecule has 1 aliphatic rings. The first kappa shape index (κ1) is 13.9. The Morgan fingerprint density at radius 2 is 1.84 bits per heavy atom. The summed E-state index contributed by atoms with van der Waals surface area (Å²) in [5.74, 6) is -0.418. The summed E-state index contributed by atoms with van der Waals surface area (Å²) in [5, 5.41) is 6.22. The molecule has 0 bridgehead atoms. The van der Waals surface area contributed by atoms with Crippen LogP contribution >= 0.6 is 11.6 Å². The number of carbonyl (C=O) groups is 2. The Morgan fingerprint density at radius 3 is 2.47 bits per heavy atom. The van der Waals surface area contributed by atoms with E-state index in [9.17, 15) is 9.59 Å². The number of carbonyl (C=O) groups excluding carboxylic acids is 2. The number of halogens is 1. The van der Waals surface area contributed by atoms with Crippen LogP contribution in [-0.2, 0) is 16.0 Å². The van der Waals surface area contributed by atoms with Crippen molar-refractivity contribution in [1.29, 1.82) is 0 Å². The Balaban J connectivity index is 1.62. The third kappa shape index (κ3) is 5.30. The SMILES string of the molecule is O=C(CC(=O)NC1CC1)NCCc1ccc(Cl)cc1. The highest BCUT2D eigenvalue weighted by molar-refractivity contribution is 6.30. The predicted molar refractivity (Wildman–Crippen MR) is 73.9 cm³/mol. The van der Waals surface area contributed by atoms with Crippen LogP contribution in [0.2, 0.25) is 5.02 Å². The van der Waals surface area contributed by atoms with Gasteiger partial charge in [-0.15, -0.1) is 0 Å². The molecule has 0 heterocycles. The number of amides is 2. The topological polar surface area (TPSA) is 58.2 Å². The minimum Gasteiger partial charge on any atom is -0.355 e. The van der Waals surface area contributed by atoms with Crippen LogP contribution in [0.25, 0.3) is 0 Å². The summed E-state index contributed by atoms with van der Waals surface area (Å²) >= 11 is 5.79. The van der Waals surface area contributed by atoms with Crippen molar-refractivity contribution in [2.45, 2.75) is 31.7 Å². The van der Waals surface area contributed by atoms with Gasteiger partial charge in [-0.25, -0.2) is 0 Å². The number of nitrogens with one attached hydrogen (secondary N) is 2. The molecule has 0 spiro atoms. The van der Waals surface area contributed by atoms with Crippen molar-refractivity contribution >= 4 is 23.4 Å². The van der Waals surface area contributed by atoms with Crippen LogP contribution in [0.3, 0.4) is 0 Å². The van der Waals surface area contributed by atoms with Crippen molar-refractivity contribution in [2.24, 2.45) is 0 Å². The van der Waals surface area contributed by atoms with Crippen molar-refractivity contribution in [3.63, 3.8) is 0 Å². The van der Waals surface area contributed by atoms with E-state index in [1.54, 1.807) is 0 Å².